The molecule has 78 valence electrons. The van der Waals surface area contributed by atoms with E-state index in [0.717, 1.165) is 30.7 Å². The average molecular weight is 203 g/mol. The van der Waals surface area contributed by atoms with E-state index in [0.29, 0.717) is 5.65 Å². The molecule has 0 radical (unpaired) electrons. The van der Waals surface area contributed by atoms with E-state index in [1.54, 1.807) is 6.20 Å². The molecule has 0 aliphatic heterocycles. The van der Waals surface area contributed by atoms with E-state index >= 15 is 0 Å². The molecule has 2 aromatic rings. The lowest BCUT2D eigenvalue weighted by Crippen LogP contribution is -2.22. The van der Waals surface area contributed by atoms with Gasteiger partial charge >= 0.3 is 0 Å². The van der Waals surface area contributed by atoms with Gasteiger partial charge in [0.05, 0.1) is 5.92 Å². The molecular formula is C11H13N3O. The number of nitrogens with zero attached hydrogens (tertiary/aromatic N) is 2. The molecule has 0 amide bonds. The van der Waals surface area contributed by atoms with Crippen LogP contribution in [0, 0.1) is 0 Å². The van der Waals surface area contributed by atoms with Crippen molar-refractivity contribution >= 4 is 11.2 Å². The largest absolute Gasteiger partial charge is 0.439 e. The number of nitrogens with two attached hydrogens (primary N) is 1. The van der Waals surface area contributed by atoms with Crippen LogP contribution in [0.1, 0.15) is 31.1 Å². The van der Waals surface area contributed by atoms with Gasteiger partial charge in [-0.05, 0) is 25.0 Å². The smallest absolute Gasteiger partial charge is 0.201 e. The molecule has 1 fully saturated rings. The SMILES string of the molecule is NC1CCCC1c1nc2ncccc2o1. The monoisotopic (exact) mass is 203 g/mol. The number of hydrogen-bond donors (Lipinski definition) is 1. The summed E-state index contributed by atoms with van der Waals surface area (Å²) >= 11 is 0. The normalized spacial score (nSPS) is 26.2. The van der Waals surface area contributed by atoms with E-state index in [4.69, 9.17) is 10.2 Å². The lowest BCUT2D eigenvalue weighted by Gasteiger charge is -2.09. The van der Waals surface area contributed by atoms with E-state index in [-0.39, 0.29) is 12.0 Å². The van der Waals surface area contributed by atoms with Crippen molar-refractivity contribution in [3.05, 3.63) is 24.2 Å². The van der Waals surface area contributed by atoms with Gasteiger partial charge in [-0.2, -0.15) is 4.98 Å². The Balaban J connectivity index is 2.04. The van der Waals surface area contributed by atoms with Crippen molar-refractivity contribution in [2.24, 2.45) is 5.73 Å². The van der Waals surface area contributed by atoms with Crippen LogP contribution in [0.15, 0.2) is 22.7 Å². The van der Waals surface area contributed by atoms with Crippen molar-refractivity contribution in [2.75, 3.05) is 0 Å². The Labute approximate surface area is 87.5 Å². The molecule has 0 spiro atoms. The van der Waals surface area contributed by atoms with Gasteiger partial charge in [0.15, 0.2) is 11.2 Å². The summed E-state index contributed by atoms with van der Waals surface area (Å²) in [6.07, 6.45) is 5.03. The number of pyridine rings is 1. The molecule has 2 heterocycles. The Hall–Kier alpha value is -1.42. The fourth-order valence-corrected chi connectivity index (χ4v) is 2.24. The second-order valence-electron chi connectivity index (χ2n) is 4.08. The molecule has 1 aliphatic carbocycles. The molecule has 2 N–H and O–H groups in total. The zero-order valence-corrected chi connectivity index (χ0v) is 8.39. The molecule has 2 unspecified atom stereocenters. The number of rotatable bonds is 1. The van der Waals surface area contributed by atoms with E-state index in [1.165, 1.54) is 0 Å². The Morgan fingerprint density at radius 3 is 3.07 bits per heavy atom. The van der Waals surface area contributed by atoms with Crippen LogP contribution in [0.25, 0.3) is 11.2 Å². The highest BCUT2D eigenvalue weighted by atomic mass is 16.3. The Morgan fingerprint density at radius 2 is 2.33 bits per heavy atom. The van der Waals surface area contributed by atoms with Crippen LogP contribution in [-0.4, -0.2) is 16.0 Å². The average Bonchev–Trinajstić information content (AvgIpc) is 2.82. The minimum atomic E-state index is 0.193. The molecule has 0 bridgehead atoms. The van der Waals surface area contributed by atoms with Gasteiger partial charge in [0.25, 0.3) is 0 Å². The Morgan fingerprint density at radius 1 is 1.40 bits per heavy atom. The van der Waals surface area contributed by atoms with Crippen LogP contribution in [-0.2, 0) is 0 Å². The van der Waals surface area contributed by atoms with Gasteiger partial charge < -0.3 is 10.2 Å². The standard InChI is InChI=1S/C11H13N3O/c12-8-4-1-3-7(8)11-14-10-9(15-11)5-2-6-13-10/h2,5-8H,1,3-4,12H2. The van der Waals surface area contributed by atoms with Gasteiger partial charge in [-0.1, -0.05) is 6.42 Å². The topological polar surface area (TPSA) is 64.9 Å². The molecule has 15 heavy (non-hydrogen) atoms. The quantitative estimate of drug-likeness (QED) is 0.767. The van der Waals surface area contributed by atoms with Crippen LogP contribution >= 0.6 is 0 Å². The fourth-order valence-electron chi connectivity index (χ4n) is 2.24. The van der Waals surface area contributed by atoms with Crippen LogP contribution in [0.4, 0.5) is 0 Å². The van der Waals surface area contributed by atoms with Gasteiger partial charge in [-0.25, -0.2) is 4.98 Å². The summed E-state index contributed by atoms with van der Waals surface area (Å²) in [4.78, 5) is 8.54. The van der Waals surface area contributed by atoms with E-state index in [2.05, 4.69) is 9.97 Å². The van der Waals surface area contributed by atoms with Gasteiger partial charge in [0, 0.05) is 12.2 Å². The van der Waals surface area contributed by atoms with Crippen LogP contribution in [0.2, 0.25) is 0 Å². The first kappa shape index (κ1) is 8.85. The van der Waals surface area contributed by atoms with Gasteiger partial charge in [0.1, 0.15) is 0 Å². The highest BCUT2D eigenvalue weighted by Crippen LogP contribution is 2.33. The van der Waals surface area contributed by atoms with Crippen molar-refractivity contribution in [1.29, 1.82) is 0 Å². The number of fused-ring (bicyclic) bond motifs is 1. The number of hydrogen-bond acceptors (Lipinski definition) is 4. The number of aromatic nitrogens is 2. The summed E-state index contributed by atoms with van der Waals surface area (Å²) in [7, 11) is 0. The predicted octanol–water partition coefficient (Wildman–Crippen LogP) is 1.82. The minimum Gasteiger partial charge on any atom is -0.439 e. The maximum absolute atomic E-state index is 6.01. The third-order valence-electron chi connectivity index (χ3n) is 3.07. The van der Waals surface area contributed by atoms with E-state index < -0.39 is 0 Å². The lowest BCUT2D eigenvalue weighted by molar-refractivity contribution is 0.449. The first-order chi connectivity index (χ1) is 7.34. The second-order valence-corrected chi connectivity index (χ2v) is 4.08. The second kappa shape index (κ2) is 3.31. The highest BCUT2D eigenvalue weighted by molar-refractivity contribution is 5.67. The molecule has 2 atom stereocenters. The van der Waals surface area contributed by atoms with E-state index in [1.807, 2.05) is 12.1 Å². The lowest BCUT2D eigenvalue weighted by atomic mass is 10.1. The molecule has 0 aromatic carbocycles. The molecular weight excluding hydrogens is 190 g/mol. The molecule has 4 heteroatoms. The summed E-state index contributed by atoms with van der Waals surface area (Å²) in [6, 6.07) is 3.93. The summed E-state index contributed by atoms with van der Waals surface area (Å²) in [6.45, 7) is 0. The van der Waals surface area contributed by atoms with E-state index in [9.17, 15) is 0 Å². The Kier molecular flexibility index (Phi) is 1.95. The number of oxazole rings is 1. The van der Waals surface area contributed by atoms with Crippen molar-refractivity contribution in [2.45, 2.75) is 31.2 Å². The van der Waals surface area contributed by atoms with Crippen LogP contribution in [0.3, 0.4) is 0 Å². The van der Waals surface area contributed by atoms with Crippen molar-refractivity contribution in [1.82, 2.24) is 9.97 Å². The third-order valence-corrected chi connectivity index (χ3v) is 3.07. The minimum absolute atomic E-state index is 0.193. The van der Waals surface area contributed by atoms with Gasteiger partial charge in [-0.15, -0.1) is 0 Å². The highest BCUT2D eigenvalue weighted by Gasteiger charge is 2.29. The summed E-state index contributed by atoms with van der Waals surface area (Å²) < 4.78 is 5.67. The fraction of sp³-hybridized carbons (Fsp3) is 0.455. The predicted molar refractivity (Wildman–Crippen MR) is 56.4 cm³/mol. The maximum atomic E-state index is 6.01. The first-order valence-electron chi connectivity index (χ1n) is 5.31. The molecule has 0 saturated heterocycles. The van der Waals surface area contributed by atoms with Crippen molar-refractivity contribution < 1.29 is 4.42 Å². The molecule has 4 nitrogen and oxygen atoms in total. The summed E-state index contributed by atoms with van der Waals surface area (Å²) in [5.74, 6) is 1.04. The molecule has 2 aromatic heterocycles. The maximum Gasteiger partial charge on any atom is 0.201 e. The first-order valence-corrected chi connectivity index (χ1v) is 5.31. The third kappa shape index (κ3) is 1.41. The zero-order valence-electron chi connectivity index (χ0n) is 8.39. The molecule has 1 aliphatic rings. The summed E-state index contributed by atoms with van der Waals surface area (Å²) in [5, 5.41) is 0. The summed E-state index contributed by atoms with van der Waals surface area (Å²) in [5.41, 5.74) is 7.46. The molecule has 3 rings (SSSR count). The van der Waals surface area contributed by atoms with Crippen LogP contribution in [0.5, 0.6) is 0 Å². The zero-order chi connectivity index (χ0) is 10.3. The van der Waals surface area contributed by atoms with Gasteiger partial charge in [0.2, 0.25) is 5.89 Å². The van der Waals surface area contributed by atoms with Gasteiger partial charge in [-0.3, -0.25) is 0 Å². The van der Waals surface area contributed by atoms with Crippen LogP contribution < -0.4 is 5.73 Å². The van der Waals surface area contributed by atoms with Crippen molar-refractivity contribution in [3.63, 3.8) is 0 Å². The Bertz CT molecular complexity index is 446. The molecule has 1 saturated carbocycles. The van der Waals surface area contributed by atoms with Crippen molar-refractivity contribution in [3.8, 4) is 0 Å².